The van der Waals surface area contributed by atoms with Crippen LogP contribution in [-0.2, 0) is 9.59 Å². The molecule has 0 heterocycles. The predicted octanol–water partition coefficient (Wildman–Crippen LogP) is 0.0574. The molecule has 1 atom stereocenters. The van der Waals surface area contributed by atoms with Gasteiger partial charge in [0.15, 0.2) is 0 Å². The zero-order valence-corrected chi connectivity index (χ0v) is 7.41. The van der Waals surface area contributed by atoms with E-state index in [9.17, 15) is 19.7 Å². The maximum Gasteiger partial charge on any atom is 0.336 e. The monoisotopic (exact) mass is 213 g/mol. The van der Waals surface area contributed by atoms with Crippen molar-refractivity contribution in [2.24, 2.45) is 0 Å². The van der Waals surface area contributed by atoms with Crippen LogP contribution in [0.5, 0.6) is 0 Å². The second kappa shape index (κ2) is 3.91. The minimum atomic E-state index is -1.44. The second-order valence-electron chi connectivity index (χ2n) is 2.92. The Morgan fingerprint density at radius 1 is 1.40 bits per heavy atom. The molecule has 0 aromatic rings. The smallest absolute Gasteiger partial charge is 0.336 e. The van der Waals surface area contributed by atoms with Crippen LogP contribution in [0.15, 0.2) is 23.3 Å². The number of hydrogen-bond acceptors (Lipinski definition) is 4. The second-order valence-corrected chi connectivity index (χ2v) is 2.92. The number of hydrogen-bond donors (Lipinski definition) is 2. The molecule has 0 saturated heterocycles. The number of nitrogens with zero attached hydrogens (tertiary/aromatic N) is 1. The lowest BCUT2D eigenvalue weighted by atomic mass is 9.94. The van der Waals surface area contributed by atoms with E-state index >= 15 is 0 Å². The molecule has 0 aliphatic heterocycles. The molecule has 2 N–H and O–H groups in total. The van der Waals surface area contributed by atoms with Gasteiger partial charge in [-0.1, -0.05) is 0 Å². The van der Waals surface area contributed by atoms with Crippen LogP contribution < -0.4 is 0 Å². The van der Waals surface area contributed by atoms with Crippen molar-refractivity contribution in [3.63, 3.8) is 0 Å². The van der Waals surface area contributed by atoms with Crippen molar-refractivity contribution in [1.29, 1.82) is 0 Å². The van der Waals surface area contributed by atoms with Crippen molar-refractivity contribution in [3.05, 3.63) is 33.4 Å². The van der Waals surface area contributed by atoms with Gasteiger partial charge >= 0.3 is 11.9 Å². The molecule has 15 heavy (non-hydrogen) atoms. The summed E-state index contributed by atoms with van der Waals surface area (Å²) in [6, 6.07) is -1.17. The molecule has 0 saturated carbocycles. The van der Waals surface area contributed by atoms with Crippen LogP contribution in [0.4, 0.5) is 0 Å². The third-order valence-electron chi connectivity index (χ3n) is 1.98. The van der Waals surface area contributed by atoms with Crippen LogP contribution in [-0.4, -0.2) is 33.1 Å². The molecule has 0 fully saturated rings. The molecule has 1 aliphatic rings. The van der Waals surface area contributed by atoms with Gasteiger partial charge in [0.1, 0.15) is 0 Å². The number of carboxylic acids is 2. The molecule has 0 bridgehead atoms. The van der Waals surface area contributed by atoms with Crippen LogP contribution >= 0.6 is 0 Å². The number of aliphatic carboxylic acids is 2. The van der Waals surface area contributed by atoms with E-state index in [1.54, 1.807) is 0 Å². The Kier molecular flexibility index (Phi) is 2.84. The topological polar surface area (TPSA) is 118 Å². The first-order chi connectivity index (χ1) is 6.93. The van der Waals surface area contributed by atoms with Gasteiger partial charge < -0.3 is 10.2 Å². The first kappa shape index (κ1) is 10.9. The van der Waals surface area contributed by atoms with Crippen LogP contribution in [0.25, 0.3) is 0 Å². The molecule has 0 radical (unpaired) electrons. The Morgan fingerprint density at radius 3 is 2.40 bits per heavy atom. The van der Waals surface area contributed by atoms with Crippen LogP contribution in [0.3, 0.4) is 0 Å². The van der Waals surface area contributed by atoms with Gasteiger partial charge in [-0.25, -0.2) is 9.59 Å². The quantitative estimate of drug-likeness (QED) is 0.505. The van der Waals surface area contributed by atoms with E-state index in [0.29, 0.717) is 0 Å². The first-order valence-electron chi connectivity index (χ1n) is 3.95. The predicted molar refractivity (Wildman–Crippen MR) is 46.8 cm³/mol. The van der Waals surface area contributed by atoms with E-state index in [1.807, 2.05) is 0 Å². The summed E-state index contributed by atoms with van der Waals surface area (Å²) >= 11 is 0. The van der Waals surface area contributed by atoms with Gasteiger partial charge in [-0.2, -0.15) is 0 Å². The highest BCUT2D eigenvalue weighted by Gasteiger charge is 2.30. The lowest BCUT2D eigenvalue weighted by molar-refractivity contribution is -0.508. The Labute approximate surface area is 83.5 Å². The molecule has 0 amide bonds. The van der Waals surface area contributed by atoms with Crippen molar-refractivity contribution in [2.75, 3.05) is 0 Å². The molecule has 0 spiro atoms. The van der Waals surface area contributed by atoms with Crippen molar-refractivity contribution in [1.82, 2.24) is 0 Å². The third-order valence-corrected chi connectivity index (χ3v) is 1.98. The fourth-order valence-corrected chi connectivity index (χ4v) is 1.24. The van der Waals surface area contributed by atoms with Crippen molar-refractivity contribution >= 4 is 11.9 Å². The normalized spacial score (nSPS) is 20.1. The highest BCUT2D eigenvalue weighted by atomic mass is 16.6. The fraction of sp³-hybridized carbons (Fsp3) is 0.250. The lowest BCUT2D eigenvalue weighted by Crippen LogP contribution is -2.25. The average Bonchev–Trinajstić information content (AvgIpc) is 2.16. The van der Waals surface area contributed by atoms with E-state index in [4.69, 9.17) is 10.2 Å². The SMILES string of the molecule is O=C(O)C1=C(C(=O)O)CC([N+](=O)[O-])C=C1. The van der Waals surface area contributed by atoms with E-state index in [1.165, 1.54) is 0 Å². The minimum Gasteiger partial charge on any atom is -0.478 e. The summed E-state index contributed by atoms with van der Waals surface area (Å²) in [5, 5.41) is 27.7. The summed E-state index contributed by atoms with van der Waals surface area (Å²) in [5.41, 5.74) is -0.840. The first-order valence-corrected chi connectivity index (χ1v) is 3.95. The number of carbonyl (C=O) groups is 2. The Hall–Kier alpha value is -2.18. The maximum absolute atomic E-state index is 10.7. The fourth-order valence-electron chi connectivity index (χ4n) is 1.24. The number of carboxylic acid groups (broad SMARTS) is 2. The molecule has 80 valence electrons. The van der Waals surface area contributed by atoms with Crippen LogP contribution in [0.2, 0.25) is 0 Å². The van der Waals surface area contributed by atoms with Gasteiger partial charge in [0, 0.05) is 4.92 Å². The Balaban J connectivity index is 3.09. The van der Waals surface area contributed by atoms with E-state index in [0.717, 1.165) is 12.2 Å². The third kappa shape index (κ3) is 2.19. The van der Waals surface area contributed by atoms with E-state index < -0.39 is 40.5 Å². The Bertz CT molecular complexity index is 394. The standard InChI is InChI=1S/C8H7NO6/c10-7(11)5-2-1-4(9(14)15)3-6(5)8(12)13/h1-2,4H,3H2,(H,10,11)(H,12,13). The number of rotatable bonds is 3. The summed E-state index contributed by atoms with van der Waals surface area (Å²) in [7, 11) is 0. The van der Waals surface area contributed by atoms with Crippen LogP contribution in [0.1, 0.15) is 6.42 Å². The summed E-state index contributed by atoms with van der Waals surface area (Å²) < 4.78 is 0. The summed E-state index contributed by atoms with van der Waals surface area (Å²) in [4.78, 5) is 31.0. The molecule has 7 heteroatoms. The molecule has 1 unspecified atom stereocenters. The van der Waals surface area contributed by atoms with Gasteiger partial charge in [-0.05, 0) is 12.2 Å². The summed E-state index contributed by atoms with van der Waals surface area (Å²) in [6.45, 7) is 0. The Morgan fingerprint density at radius 2 is 2.00 bits per heavy atom. The summed E-state index contributed by atoms with van der Waals surface area (Å²) in [5.74, 6) is -2.84. The van der Waals surface area contributed by atoms with Crippen molar-refractivity contribution in [2.45, 2.75) is 12.5 Å². The van der Waals surface area contributed by atoms with E-state index in [2.05, 4.69) is 0 Å². The molecular weight excluding hydrogens is 206 g/mol. The zero-order chi connectivity index (χ0) is 11.6. The molecule has 0 aromatic heterocycles. The van der Waals surface area contributed by atoms with Gasteiger partial charge in [-0.15, -0.1) is 0 Å². The minimum absolute atomic E-state index is 0.402. The molecule has 7 nitrogen and oxygen atoms in total. The molecular formula is C8H7NO6. The van der Waals surface area contributed by atoms with E-state index in [-0.39, 0.29) is 0 Å². The van der Waals surface area contributed by atoms with Gasteiger partial charge in [0.25, 0.3) is 0 Å². The van der Waals surface area contributed by atoms with Crippen molar-refractivity contribution < 1.29 is 24.7 Å². The number of nitro groups is 1. The van der Waals surface area contributed by atoms with Gasteiger partial charge in [0.05, 0.1) is 17.6 Å². The van der Waals surface area contributed by atoms with Crippen molar-refractivity contribution in [3.8, 4) is 0 Å². The molecule has 1 rings (SSSR count). The van der Waals surface area contributed by atoms with Gasteiger partial charge in [0.2, 0.25) is 6.04 Å². The lowest BCUT2D eigenvalue weighted by Gasteiger charge is -2.12. The van der Waals surface area contributed by atoms with Crippen LogP contribution in [0, 0.1) is 10.1 Å². The highest BCUT2D eigenvalue weighted by molar-refractivity contribution is 6.01. The molecule has 1 aliphatic carbocycles. The average molecular weight is 213 g/mol. The molecule has 0 aromatic carbocycles. The highest BCUT2D eigenvalue weighted by Crippen LogP contribution is 2.21. The van der Waals surface area contributed by atoms with Gasteiger partial charge in [-0.3, -0.25) is 10.1 Å². The summed E-state index contributed by atoms with van der Waals surface area (Å²) in [6.07, 6.45) is 1.64. The zero-order valence-electron chi connectivity index (χ0n) is 7.41. The maximum atomic E-state index is 10.7. The largest absolute Gasteiger partial charge is 0.478 e.